The van der Waals surface area contributed by atoms with Crippen molar-refractivity contribution in [3.8, 4) is 0 Å². The number of carbonyl (C=O) groups excluding carboxylic acids is 1. The van der Waals surface area contributed by atoms with Crippen LogP contribution in [0.25, 0.3) is 0 Å². The summed E-state index contributed by atoms with van der Waals surface area (Å²) < 4.78 is 45.1. The Labute approximate surface area is 167 Å². The Morgan fingerprint density at radius 1 is 1.31 bits per heavy atom. The summed E-state index contributed by atoms with van der Waals surface area (Å²) in [6, 6.07) is 3.63. The number of alkyl halides is 3. The van der Waals surface area contributed by atoms with Crippen molar-refractivity contribution >= 4 is 18.1 Å². The average molecular weight is 414 g/mol. The van der Waals surface area contributed by atoms with E-state index in [9.17, 15) is 27.9 Å². The smallest absolute Gasteiger partial charge is 0.416 e. The standard InChI is InChI=1S/C20H25F3N2O4/c1-29-11-16-8-14(10-25(16)12-26)17-3-2-15(20(21,22)23)9-18(17)24-6-4-13(5-7-24)19(27)28/h2-3,9,12-14,16H,4-8,10-11H2,1H3,(H,27,28)/t14-,16+/m1/s1. The van der Waals surface area contributed by atoms with E-state index in [1.807, 2.05) is 4.90 Å². The van der Waals surface area contributed by atoms with Crippen molar-refractivity contribution < 1.29 is 32.6 Å². The van der Waals surface area contributed by atoms with Gasteiger partial charge in [0.2, 0.25) is 6.41 Å². The van der Waals surface area contributed by atoms with Crippen molar-refractivity contribution in [1.82, 2.24) is 4.90 Å². The zero-order chi connectivity index (χ0) is 21.2. The molecule has 0 bridgehead atoms. The number of likely N-dealkylation sites (tertiary alicyclic amines) is 1. The summed E-state index contributed by atoms with van der Waals surface area (Å²) in [5.74, 6) is -1.44. The van der Waals surface area contributed by atoms with Gasteiger partial charge < -0.3 is 19.6 Å². The molecule has 9 heteroatoms. The lowest BCUT2D eigenvalue weighted by Gasteiger charge is -2.34. The SMILES string of the molecule is COC[C@@H]1C[C@@H](c2ccc(C(F)(F)F)cc2N2CCC(C(=O)O)CC2)CN1C=O. The highest BCUT2D eigenvalue weighted by atomic mass is 19.4. The molecule has 0 aromatic heterocycles. The molecule has 29 heavy (non-hydrogen) atoms. The summed E-state index contributed by atoms with van der Waals surface area (Å²) in [7, 11) is 1.55. The molecular formula is C20H25F3N2O4. The number of aliphatic carboxylic acids is 1. The van der Waals surface area contributed by atoms with Gasteiger partial charge in [-0.05, 0) is 37.0 Å². The number of benzene rings is 1. The average Bonchev–Trinajstić information content (AvgIpc) is 3.10. The molecule has 1 aromatic rings. The molecule has 1 amide bonds. The molecule has 0 unspecified atom stereocenters. The number of nitrogens with zero attached hydrogens (tertiary/aromatic N) is 2. The Kier molecular flexibility index (Phi) is 6.36. The topological polar surface area (TPSA) is 70.1 Å². The van der Waals surface area contributed by atoms with E-state index in [-0.39, 0.29) is 12.0 Å². The number of carbonyl (C=O) groups is 2. The van der Waals surface area contributed by atoms with E-state index < -0.39 is 23.6 Å². The fourth-order valence-corrected chi connectivity index (χ4v) is 4.36. The molecule has 0 spiro atoms. The van der Waals surface area contributed by atoms with Gasteiger partial charge in [-0.1, -0.05) is 6.07 Å². The highest BCUT2D eigenvalue weighted by Gasteiger charge is 2.37. The van der Waals surface area contributed by atoms with Gasteiger partial charge >= 0.3 is 12.1 Å². The fourth-order valence-electron chi connectivity index (χ4n) is 4.36. The molecule has 2 aliphatic rings. The molecule has 1 aromatic carbocycles. The highest BCUT2D eigenvalue weighted by molar-refractivity contribution is 5.70. The van der Waals surface area contributed by atoms with Crippen LogP contribution in [0.2, 0.25) is 0 Å². The zero-order valence-electron chi connectivity index (χ0n) is 16.2. The van der Waals surface area contributed by atoms with Crippen molar-refractivity contribution in [1.29, 1.82) is 0 Å². The molecule has 160 valence electrons. The number of hydrogen-bond donors (Lipinski definition) is 1. The van der Waals surface area contributed by atoms with Crippen molar-refractivity contribution in [2.75, 3.05) is 38.3 Å². The molecule has 0 saturated carbocycles. The number of piperidine rings is 1. The van der Waals surface area contributed by atoms with Crippen LogP contribution in [0.5, 0.6) is 0 Å². The molecule has 2 saturated heterocycles. The third-order valence-corrected chi connectivity index (χ3v) is 5.93. The summed E-state index contributed by atoms with van der Waals surface area (Å²) in [5.41, 5.74) is 0.519. The van der Waals surface area contributed by atoms with E-state index >= 15 is 0 Å². The van der Waals surface area contributed by atoms with Crippen LogP contribution in [-0.4, -0.2) is 61.8 Å². The number of methoxy groups -OCH3 is 1. The lowest BCUT2D eigenvalue weighted by molar-refractivity contribution is -0.142. The minimum atomic E-state index is -4.46. The summed E-state index contributed by atoms with van der Waals surface area (Å²) in [6.07, 6.45) is -2.32. The lowest BCUT2D eigenvalue weighted by atomic mass is 9.91. The van der Waals surface area contributed by atoms with Crippen molar-refractivity contribution in [2.45, 2.75) is 37.4 Å². The maximum absolute atomic E-state index is 13.3. The van der Waals surface area contributed by atoms with Crippen LogP contribution in [0.15, 0.2) is 18.2 Å². The zero-order valence-corrected chi connectivity index (χ0v) is 16.2. The maximum atomic E-state index is 13.3. The van der Waals surface area contributed by atoms with E-state index in [0.29, 0.717) is 51.2 Å². The van der Waals surface area contributed by atoms with Crippen molar-refractivity contribution in [2.24, 2.45) is 5.92 Å². The number of hydrogen-bond acceptors (Lipinski definition) is 4. The number of carboxylic acids is 1. The number of anilines is 1. The molecule has 2 heterocycles. The van der Waals surface area contributed by atoms with Crippen LogP contribution in [0.4, 0.5) is 18.9 Å². The Balaban J connectivity index is 1.91. The van der Waals surface area contributed by atoms with E-state index in [2.05, 4.69) is 0 Å². The highest BCUT2D eigenvalue weighted by Crippen LogP contribution is 2.41. The van der Waals surface area contributed by atoms with E-state index in [1.165, 1.54) is 6.07 Å². The quantitative estimate of drug-likeness (QED) is 0.725. The van der Waals surface area contributed by atoms with Gasteiger partial charge in [0.1, 0.15) is 0 Å². The Hall–Kier alpha value is -2.29. The normalized spacial score (nSPS) is 23.4. The van der Waals surface area contributed by atoms with Gasteiger partial charge in [0.15, 0.2) is 0 Å². The van der Waals surface area contributed by atoms with Crippen molar-refractivity contribution in [3.63, 3.8) is 0 Å². The molecular weight excluding hydrogens is 389 g/mol. The van der Waals surface area contributed by atoms with Gasteiger partial charge in [-0.15, -0.1) is 0 Å². The van der Waals surface area contributed by atoms with Gasteiger partial charge in [0.05, 0.1) is 24.1 Å². The van der Waals surface area contributed by atoms with Gasteiger partial charge in [0, 0.05) is 38.3 Å². The third kappa shape index (κ3) is 4.66. The van der Waals surface area contributed by atoms with Gasteiger partial charge in [-0.3, -0.25) is 9.59 Å². The first-order valence-electron chi connectivity index (χ1n) is 9.63. The molecule has 0 aliphatic carbocycles. The first kappa shape index (κ1) is 21.4. The van der Waals surface area contributed by atoms with Gasteiger partial charge in [-0.25, -0.2) is 0 Å². The van der Waals surface area contributed by atoms with Crippen LogP contribution in [-0.2, 0) is 20.5 Å². The number of rotatable bonds is 6. The maximum Gasteiger partial charge on any atom is 0.416 e. The molecule has 2 aliphatic heterocycles. The number of amides is 1. The first-order chi connectivity index (χ1) is 13.7. The minimum absolute atomic E-state index is 0.102. The Bertz CT molecular complexity index is 748. The summed E-state index contributed by atoms with van der Waals surface area (Å²) in [5, 5.41) is 9.19. The number of carboxylic acid groups (broad SMARTS) is 1. The molecule has 0 radical (unpaired) electrons. The van der Waals surface area contributed by atoms with Crippen LogP contribution < -0.4 is 4.90 Å². The molecule has 6 nitrogen and oxygen atoms in total. The predicted molar refractivity (Wildman–Crippen MR) is 99.8 cm³/mol. The second-order valence-corrected chi connectivity index (χ2v) is 7.71. The third-order valence-electron chi connectivity index (χ3n) is 5.93. The number of ether oxygens (including phenoxy) is 1. The fraction of sp³-hybridized carbons (Fsp3) is 0.600. The molecule has 2 atom stereocenters. The van der Waals surface area contributed by atoms with Crippen LogP contribution in [0.1, 0.15) is 36.3 Å². The second kappa shape index (κ2) is 8.61. The van der Waals surface area contributed by atoms with E-state index in [0.717, 1.165) is 24.1 Å². The molecule has 3 rings (SSSR count). The lowest BCUT2D eigenvalue weighted by Crippen LogP contribution is -2.37. The monoisotopic (exact) mass is 414 g/mol. The van der Waals surface area contributed by atoms with Crippen LogP contribution in [0, 0.1) is 5.92 Å². The molecule has 1 N–H and O–H groups in total. The van der Waals surface area contributed by atoms with E-state index in [1.54, 1.807) is 12.0 Å². The summed E-state index contributed by atoms with van der Waals surface area (Å²) in [6.45, 7) is 1.56. The van der Waals surface area contributed by atoms with Gasteiger partial charge in [-0.2, -0.15) is 13.2 Å². The predicted octanol–water partition coefficient (Wildman–Crippen LogP) is 2.97. The van der Waals surface area contributed by atoms with E-state index in [4.69, 9.17) is 4.74 Å². The molecule has 2 fully saturated rings. The van der Waals surface area contributed by atoms with Crippen molar-refractivity contribution in [3.05, 3.63) is 29.3 Å². The second-order valence-electron chi connectivity index (χ2n) is 7.71. The first-order valence-corrected chi connectivity index (χ1v) is 9.63. The largest absolute Gasteiger partial charge is 0.481 e. The Morgan fingerprint density at radius 2 is 2.00 bits per heavy atom. The van der Waals surface area contributed by atoms with Gasteiger partial charge in [0.25, 0.3) is 0 Å². The summed E-state index contributed by atoms with van der Waals surface area (Å²) in [4.78, 5) is 26.1. The Morgan fingerprint density at radius 3 is 2.55 bits per heavy atom. The van der Waals surface area contributed by atoms with Crippen LogP contribution >= 0.6 is 0 Å². The minimum Gasteiger partial charge on any atom is -0.481 e. The summed E-state index contributed by atoms with van der Waals surface area (Å²) >= 11 is 0. The van der Waals surface area contributed by atoms with Crippen LogP contribution in [0.3, 0.4) is 0 Å². The number of halogens is 3.